The molecule has 1 aromatic heterocycles. The number of aromatic nitrogens is 1. The summed E-state index contributed by atoms with van der Waals surface area (Å²) in [6, 6.07) is 0. The van der Waals surface area contributed by atoms with E-state index >= 15 is 0 Å². The van der Waals surface area contributed by atoms with Gasteiger partial charge < -0.3 is 9.47 Å². The number of nitrogens with zero attached hydrogens (tertiary/aromatic N) is 1. The van der Waals surface area contributed by atoms with E-state index in [9.17, 15) is 0 Å². The Morgan fingerprint density at radius 2 is 2.31 bits per heavy atom. The first kappa shape index (κ1) is 8.97. The highest BCUT2D eigenvalue weighted by atomic mass is 32.1. The molecule has 72 valence electrons. The second kappa shape index (κ2) is 4.07. The van der Waals surface area contributed by atoms with Crippen molar-refractivity contribution < 1.29 is 9.47 Å². The number of hydrogen-bond acceptors (Lipinski definition) is 4. The molecule has 0 saturated carbocycles. The third-order valence-electron chi connectivity index (χ3n) is 2.03. The van der Waals surface area contributed by atoms with Crippen molar-refractivity contribution in [2.75, 3.05) is 13.2 Å². The van der Waals surface area contributed by atoms with Crippen molar-refractivity contribution in [3.63, 3.8) is 0 Å². The molecule has 0 amide bonds. The van der Waals surface area contributed by atoms with Gasteiger partial charge in [0, 0.05) is 18.2 Å². The maximum Gasteiger partial charge on any atom is 0.273 e. The average Bonchev–Trinajstić information content (AvgIpc) is 2.53. The molecule has 0 bridgehead atoms. The van der Waals surface area contributed by atoms with E-state index in [-0.39, 0.29) is 0 Å². The fourth-order valence-electron chi connectivity index (χ4n) is 1.32. The minimum Gasteiger partial charge on any atom is -0.467 e. The molecule has 0 spiro atoms. The molecule has 0 atom stereocenters. The van der Waals surface area contributed by atoms with Crippen LogP contribution in [0.2, 0.25) is 0 Å². The van der Waals surface area contributed by atoms with Crippen LogP contribution in [0.3, 0.4) is 0 Å². The van der Waals surface area contributed by atoms with Crippen LogP contribution in [0.15, 0.2) is 5.38 Å². The van der Waals surface area contributed by atoms with E-state index in [0.29, 0.717) is 6.10 Å². The summed E-state index contributed by atoms with van der Waals surface area (Å²) in [5.41, 5.74) is 1.03. The Balaban J connectivity index is 1.89. The van der Waals surface area contributed by atoms with Crippen LogP contribution < -0.4 is 4.74 Å². The molecule has 2 rings (SSSR count). The van der Waals surface area contributed by atoms with Crippen molar-refractivity contribution in [3.8, 4) is 5.19 Å². The molecule has 0 aliphatic carbocycles. The molecule has 1 aliphatic rings. The zero-order valence-corrected chi connectivity index (χ0v) is 8.47. The van der Waals surface area contributed by atoms with E-state index in [1.54, 1.807) is 11.3 Å². The van der Waals surface area contributed by atoms with Crippen molar-refractivity contribution in [2.45, 2.75) is 25.9 Å². The first-order valence-electron chi connectivity index (χ1n) is 4.51. The summed E-state index contributed by atoms with van der Waals surface area (Å²) in [5.74, 6) is 0. The molecular formula is C9H13NO2S. The standard InChI is InChI=1S/C9H13NO2S/c1-7-6-13-9(10-7)12-8-2-4-11-5-3-8/h6,8H,2-5H2,1H3. The zero-order valence-electron chi connectivity index (χ0n) is 7.66. The lowest BCUT2D eigenvalue weighted by atomic mass is 10.2. The Labute approximate surface area is 81.7 Å². The van der Waals surface area contributed by atoms with Crippen LogP contribution in [0.4, 0.5) is 0 Å². The summed E-state index contributed by atoms with van der Waals surface area (Å²) < 4.78 is 10.9. The van der Waals surface area contributed by atoms with Gasteiger partial charge in [-0.3, -0.25) is 0 Å². The third kappa shape index (κ3) is 2.42. The van der Waals surface area contributed by atoms with Crippen molar-refractivity contribution in [2.24, 2.45) is 0 Å². The average molecular weight is 199 g/mol. The highest BCUT2D eigenvalue weighted by Crippen LogP contribution is 2.21. The lowest BCUT2D eigenvalue weighted by Crippen LogP contribution is -2.25. The van der Waals surface area contributed by atoms with Gasteiger partial charge in [0.25, 0.3) is 5.19 Å². The Morgan fingerprint density at radius 1 is 1.54 bits per heavy atom. The predicted molar refractivity (Wildman–Crippen MR) is 51.3 cm³/mol. The van der Waals surface area contributed by atoms with Crippen LogP contribution in [0.1, 0.15) is 18.5 Å². The van der Waals surface area contributed by atoms with E-state index in [2.05, 4.69) is 4.98 Å². The third-order valence-corrected chi connectivity index (χ3v) is 2.88. The van der Waals surface area contributed by atoms with Gasteiger partial charge in [-0.1, -0.05) is 11.3 Å². The first-order valence-corrected chi connectivity index (χ1v) is 5.39. The number of rotatable bonds is 2. The quantitative estimate of drug-likeness (QED) is 0.730. The van der Waals surface area contributed by atoms with Gasteiger partial charge in [-0.15, -0.1) is 0 Å². The maximum absolute atomic E-state index is 5.70. The number of hydrogen-bond donors (Lipinski definition) is 0. The van der Waals surface area contributed by atoms with Crippen molar-refractivity contribution in [1.82, 2.24) is 4.98 Å². The van der Waals surface area contributed by atoms with Gasteiger partial charge in [0.2, 0.25) is 0 Å². The van der Waals surface area contributed by atoms with Gasteiger partial charge in [0.15, 0.2) is 0 Å². The molecule has 1 aliphatic heterocycles. The lowest BCUT2D eigenvalue weighted by molar-refractivity contribution is 0.0254. The summed E-state index contributed by atoms with van der Waals surface area (Å²) in [5, 5.41) is 2.80. The van der Waals surface area contributed by atoms with Crippen LogP contribution in [-0.2, 0) is 4.74 Å². The summed E-state index contributed by atoms with van der Waals surface area (Å²) in [7, 11) is 0. The van der Waals surface area contributed by atoms with Gasteiger partial charge >= 0.3 is 0 Å². The summed E-state index contributed by atoms with van der Waals surface area (Å²) in [6.45, 7) is 3.61. The smallest absolute Gasteiger partial charge is 0.273 e. The predicted octanol–water partition coefficient (Wildman–Crippen LogP) is 2.01. The molecule has 1 fully saturated rings. The SMILES string of the molecule is Cc1csc(OC2CCOCC2)n1. The van der Waals surface area contributed by atoms with Gasteiger partial charge in [0.05, 0.1) is 18.9 Å². The van der Waals surface area contributed by atoms with Gasteiger partial charge in [-0.05, 0) is 6.92 Å². The highest BCUT2D eigenvalue weighted by Gasteiger charge is 2.16. The van der Waals surface area contributed by atoms with E-state index in [4.69, 9.17) is 9.47 Å². The van der Waals surface area contributed by atoms with Crippen molar-refractivity contribution >= 4 is 11.3 Å². The Kier molecular flexibility index (Phi) is 2.80. The topological polar surface area (TPSA) is 31.4 Å². The second-order valence-corrected chi connectivity index (χ2v) is 4.01. The van der Waals surface area contributed by atoms with E-state index in [1.807, 2.05) is 12.3 Å². The van der Waals surface area contributed by atoms with Crippen molar-refractivity contribution in [3.05, 3.63) is 11.1 Å². The monoisotopic (exact) mass is 199 g/mol. The molecule has 0 N–H and O–H groups in total. The fraction of sp³-hybridized carbons (Fsp3) is 0.667. The van der Waals surface area contributed by atoms with Crippen LogP contribution in [-0.4, -0.2) is 24.3 Å². The maximum atomic E-state index is 5.70. The van der Waals surface area contributed by atoms with E-state index in [1.165, 1.54) is 0 Å². The van der Waals surface area contributed by atoms with Crippen LogP contribution in [0.5, 0.6) is 5.19 Å². The van der Waals surface area contributed by atoms with Gasteiger partial charge in [0.1, 0.15) is 6.10 Å². The largest absolute Gasteiger partial charge is 0.467 e. The number of ether oxygens (including phenoxy) is 2. The summed E-state index contributed by atoms with van der Waals surface area (Å²) in [6.07, 6.45) is 2.27. The molecule has 1 aromatic rings. The van der Waals surface area contributed by atoms with Crippen LogP contribution >= 0.6 is 11.3 Å². The molecule has 4 heteroatoms. The minimum atomic E-state index is 0.305. The summed E-state index contributed by atoms with van der Waals surface area (Å²) >= 11 is 1.57. The van der Waals surface area contributed by atoms with Gasteiger partial charge in [-0.2, -0.15) is 0 Å². The highest BCUT2D eigenvalue weighted by molar-refractivity contribution is 7.11. The Morgan fingerprint density at radius 3 is 2.92 bits per heavy atom. The fourth-order valence-corrected chi connectivity index (χ4v) is 2.04. The molecular weight excluding hydrogens is 186 g/mol. The molecule has 1 saturated heterocycles. The minimum absolute atomic E-state index is 0.305. The molecule has 3 nitrogen and oxygen atoms in total. The molecule has 0 unspecified atom stereocenters. The molecule has 2 heterocycles. The van der Waals surface area contributed by atoms with Crippen molar-refractivity contribution in [1.29, 1.82) is 0 Å². The Hall–Kier alpha value is -0.610. The second-order valence-electron chi connectivity index (χ2n) is 3.18. The van der Waals surface area contributed by atoms with Crippen LogP contribution in [0, 0.1) is 6.92 Å². The lowest BCUT2D eigenvalue weighted by Gasteiger charge is -2.21. The Bertz CT molecular complexity index is 268. The molecule has 0 radical (unpaired) electrons. The zero-order chi connectivity index (χ0) is 9.10. The number of aryl methyl sites for hydroxylation is 1. The van der Waals surface area contributed by atoms with E-state index in [0.717, 1.165) is 36.9 Å². The van der Waals surface area contributed by atoms with E-state index < -0.39 is 0 Å². The van der Waals surface area contributed by atoms with Crippen LogP contribution in [0.25, 0.3) is 0 Å². The molecule has 0 aromatic carbocycles. The first-order chi connectivity index (χ1) is 6.34. The normalized spacial score (nSPS) is 18.8. The van der Waals surface area contributed by atoms with Gasteiger partial charge in [-0.25, -0.2) is 4.98 Å². The number of thiazole rings is 1. The summed E-state index contributed by atoms with van der Waals surface area (Å²) in [4.78, 5) is 4.26. The molecule has 13 heavy (non-hydrogen) atoms.